The lowest BCUT2D eigenvalue weighted by atomic mass is 10.2. The van der Waals surface area contributed by atoms with Crippen LogP contribution in [0.2, 0.25) is 0 Å². The summed E-state index contributed by atoms with van der Waals surface area (Å²) in [6.07, 6.45) is 5.48. The van der Waals surface area contributed by atoms with Crippen molar-refractivity contribution in [3.05, 3.63) is 46.2 Å². The molecule has 1 atom stereocenters. The largest absolute Gasteiger partial charge is 0.487 e. The molecule has 0 radical (unpaired) electrons. The summed E-state index contributed by atoms with van der Waals surface area (Å²) in [4.78, 5) is 16.3. The van der Waals surface area contributed by atoms with Gasteiger partial charge in [0.1, 0.15) is 23.7 Å². The van der Waals surface area contributed by atoms with Gasteiger partial charge in [0.25, 0.3) is 0 Å². The van der Waals surface area contributed by atoms with Crippen molar-refractivity contribution in [3.63, 3.8) is 0 Å². The van der Waals surface area contributed by atoms with Crippen LogP contribution in [0.15, 0.2) is 34.8 Å². The lowest BCUT2D eigenvalue weighted by molar-refractivity contribution is -0.0990. The van der Waals surface area contributed by atoms with Crippen LogP contribution in [0.25, 0.3) is 6.08 Å². The second-order valence-electron chi connectivity index (χ2n) is 10.2. The fourth-order valence-corrected chi connectivity index (χ4v) is 4.68. The van der Waals surface area contributed by atoms with Crippen LogP contribution in [0.5, 0.6) is 5.75 Å². The molecule has 0 aliphatic carbocycles. The molecule has 38 heavy (non-hydrogen) atoms. The predicted octanol–water partition coefficient (Wildman–Crippen LogP) is 5.36. The molecule has 1 aliphatic heterocycles. The van der Waals surface area contributed by atoms with E-state index in [2.05, 4.69) is 32.0 Å². The Labute approximate surface area is 234 Å². The molecule has 1 saturated heterocycles. The molecule has 1 unspecified atom stereocenters. The molecule has 1 aliphatic rings. The molecule has 0 spiro atoms. The number of aryl methyl sites for hydroxylation is 1. The van der Waals surface area contributed by atoms with Gasteiger partial charge in [0.05, 0.1) is 10.2 Å². The van der Waals surface area contributed by atoms with Crippen molar-refractivity contribution in [2.45, 2.75) is 65.5 Å². The Morgan fingerprint density at radius 3 is 2.50 bits per heavy atom. The number of carbonyl (C=O) groups is 1. The van der Waals surface area contributed by atoms with Gasteiger partial charge >= 0.3 is 6.09 Å². The number of nitrogens with zero attached hydrogens (tertiary/aromatic N) is 4. The molecule has 0 saturated carbocycles. The first-order valence-corrected chi connectivity index (χ1v) is 14.0. The van der Waals surface area contributed by atoms with Crippen LogP contribution >= 0.6 is 15.9 Å². The number of rotatable bonds is 11. The van der Waals surface area contributed by atoms with Gasteiger partial charge in [-0.15, -0.1) is 0 Å². The highest BCUT2D eigenvalue weighted by Crippen LogP contribution is 2.26. The van der Waals surface area contributed by atoms with E-state index < -0.39 is 11.9 Å². The summed E-state index contributed by atoms with van der Waals surface area (Å²) in [5.41, 5.74) is 2.40. The average Bonchev–Trinajstić information content (AvgIpc) is 3.14. The topological polar surface area (TPSA) is 89.3 Å². The number of carbonyl (C=O) groups excluding carboxylic acids is 1. The van der Waals surface area contributed by atoms with Gasteiger partial charge in [-0.3, -0.25) is 4.68 Å². The highest BCUT2D eigenvalue weighted by molar-refractivity contribution is 9.10. The Kier molecular flexibility index (Phi) is 11.1. The monoisotopic (exact) mass is 592 g/mol. The highest BCUT2D eigenvalue weighted by atomic mass is 79.9. The number of benzene rings is 1. The van der Waals surface area contributed by atoms with Gasteiger partial charge < -0.3 is 29.1 Å². The zero-order valence-corrected chi connectivity index (χ0v) is 24.7. The molecule has 9 nitrogen and oxygen atoms in total. The van der Waals surface area contributed by atoms with Crippen LogP contribution in [-0.4, -0.2) is 70.6 Å². The van der Waals surface area contributed by atoms with Gasteiger partial charge in [-0.25, -0.2) is 4.79 Å². The fraction of sp³-hybridized carbons (Fsp3) is 0.571. The van der Waals surface area contributed by atoms with Gasteiger partial charge in [0.2, 0.25) is 0 Å². The van der Waals surface area contributed by atoms with Crippen LogP contribution in [0.1, 0.15) is 58.3 Å². The van der Waals surface area contributed by atoms with Gasteiger partial charge in [0, 0.05) is 45.5 Å². The molecule has 1 N–H and O–H groups in total. The number of halogens is 1. The molecule has 0 bridgehead atoms. The first kappa shape index (κ1) is 30.0. The van der Waals surface area contributed by atoms with Crippen LogP contribution in [0.3, 0.4) is 0 Å². The highest BCUT2D eigenvalue weighted by Gasteiger charge is 2.26. The number of ether oxygens (including phenoxy) is 3. The number of anilines is 1. The maximum atomic E-state index is 12.3. The summed E-state index contributed by atoms with van der Waals surface area (Å²) in [7, 11) is 1.91. The molecule has 210 valence electrons. The van der Waals surface area contributed by atoms with Crippen LogP contribution in [-0.2, 0) is 23.1 Å². The molecule has 1 fully saturated rings. The molecule has 2 heterocycles. The summed E-state index contributed by atoms with van der Waals surface area (Å²) < 4.78 is 19.4. The molecule has 1 amide bonds. The average molecular weight is 594 g/mol. The number of piperazine rings is 1. The third-order valence-electron chi connectivity index (χ3n) is 6.06. The Morgan fingerprint density at radius 2 is 1.87 bits per heavy atom. The Morgan fingerprint density at radius 1 is 1.18 bits per heavy atom. The minimum Gasteiger partial charge on any atom is -0.487 e. The first-order valence-electron chi connectivity index (χ1n) is 13.2. The lowest BCUT2D eigenvalue weighted by Crippen LogP contribution is -2.50. The SMILES string of the molecule is CCOC(O)CCC/C=C/c1c(Br)c(COc2ccc(N3CCN(C(=O)OC(C)(C)C)CC3)cc2)nn1C. The molecular formula is C28H41BrN4O5. The van der Waals surface area contributed by atoms with E-state index in [4.69, 9.17) is 14.2 Å². The van der Waals surface area contributed by atoms with Gasteiger partial charge in [-0.2, -0.15) is 5.10 Å². The smallest absolute Gasteiger partial charge is 0.410 e. The van der Waals surface area contributed by atoms with Crippen molar-refractivity contribution in [3.8, 4) is 5.75 Å². The number of aliphatic hydroxyl groups excluding tert-OH is 1. The number of hydrogen-bond acceptors (Lipinski definition) is 7. The normalized spacial score (nSPS) is 15.2. The number of allylic oxidation sites excluding steroid dienone is 1. The zero-order valence-electron chi connectivity index (χ0n) is 23.2. The Bertz CT molecular complexity index is 1060. The quantitative estimate of drug-likeness (QED) is 0.277. The lowest BCUT2D eigenvalue weighted by Gasteiger charge is -2.36. The number of unbranched alkanes of at least 4 members (excludes halogenated alkanes) is 1. The van der Waals surface area contributed by atoms with E-state index in [1.54, 1.807) is 4.90 Å². The predicted molar refractivity (Wildman–Crippen MR) is 152 cm³/mol. The minimum absolute atomic E-state index is 0.252. The molecular weight excluding hydrogens is 552 g/mol. The summed E-state index contributed by atoms with van der Waals surface area (Å²) in [6.45, 7) is 11.2. The van der Waals surface area contributed by atoms with E-state index in [0.29, 0.717) is 32.7 Å². The second kappa shape index (κ2) is 14.0. The van der Waals surface area contributed by atoms with Crippen molar-refractivity contribution in [2.24, 2.45) is 7.05 Å². The maximum Gasteiger partial charge on any atom is 0.410 e. The Balaban J connectivity index is 1.47. The van der Waals surface area contributed by atoms with Crippen molar-refractivity contribution >= 4 is 33.8 Å². The van der Waals surface area contributed by atoms with E-state index in [1.165, 1.54) is 0 Å². The minimum atomic E-state index is -0.691. The van der Waals surface area contributed by atoms with Crippen LogP contribution in [0, 0.1) is 0 Å². The third-order valence-corrected chi connectivity index (χ3v) is 6.93. The summed E-state index contributed by atoms with van der Waals surface area (Å²) in [5.74, 6) is 0.767. The molecule has 1 aromatic carbocycles. The van der Waals surface area contributed by atoms with E-state index in [9.17, 15) is 9.90 Å². The van der Waals surface area contributed by atoms with Crippen LogP contribution < -0.4 is 9.64 Å². The van der Waals surface area contributed by atoms with Crippen LogP contribution in [0.4, 0.5) is 10.5 Å². The van der Waals surface area contributed by atoms with E-state index in [1.807, 2.05) is 69.8 Å². The Hall–Kier alpha value is -2.56. The number of aromatic nitrogens is 2. The van der Waals surface area contributed by atoms with E-state index in [-0.39, 0.29) is 6.09 Å². The number of aliphatic hydroxyl groups is 1. The maximum absolute atomic E-state index is 12.3. The van der Waals surface area contributed by atoms with Crippen molar-refractivity contribution in [2.75, 3.05) is 37.7 Å². The molecule has 2 aromatic rings. The fourth-order valence-electron chi connectivity index (χ4n) is 4.10. The summed E-state index contributed by atoms with van der Waals surface area (Å²) in [6, 6.07) is 8.01. The zero-order chi connectivity index (χ0) is 27.7. The third kappa shape index (κ3) is 9.03. The summed E-state index contributed by atoms with van der Waals surface area (Å²) in [5, 5.41) is 14.2. The van der Waals surface area contributed by atoms with Crippen molar-refractivity contribution < 1.29 is 24.1 Å². The second-order valence-corrected chi connectivity index (χ2v) is 11.0. The number of amides is 1. The van der Waals surface area contributed by atoms with Crippen molar-refractivity contribution in [1.29, 1.82) is 0 Å². The van der Waals surface area contributed by atoms with E-state index in [0.717, 1.165) is 53.2 Å². The molecule has 10 heteroatoms. The standard InChI is InChI=1S/C28H41BrN4O5/c1-6-36-25(34)11-9-7-8-10-24-26(29)23(30-31(24)5)20-37-22-14-12-21(13-15-22)32-16-18-33(19-17-32)27(35)38-28(2,3)4/h8,10,12-15,25,34H,6-7,9,11,16-20H2,1-5H3/b10-8+. The summed E-state index contributed by atoms with van der Waals surface area (Å²) >= 11 is 3.67. The van der Waals surface area contributed by atoms with Gasteiger partial charge in [-0.05, 0) is 93.2 Å². The van der Waals surface area contributed by atoms with E-state index >= 15 is 0 Å². The van der Waals surface area contributed by atoms with Gasteiger partial charge in [0.15, 0.2) is 6.29 Å². The number of hydrogen-bond donors (Lipinski definition) is 1. The molecule has 1 aromatic heterocycles. The van der Waals surface area contributed by atoms with Gasteiger partial charge in [-0.1, -0.05) is 6.08 Å². The first-order chi connectivity index (χ1) is 18.1. The van der Waals surface area contributed by atoms with Crippen molar-refractivity contribution in [1.82, 2.24) is 14.7 Å². The molecule has 3 rings (SSSR count).